The molecule has 0 N–H and O–H groups in total. The molecule has 6 heteroatoms. The summed E-state index contributed by atoms with van der Waals surface area (Å²) < 4.78 is 5.35. The van der Waals surface area contributed by atoms with Crippen LogP contribution >= 0.6 is 11.6 Å². The molecular formula is C17H18ClN3O2. The molecule has 2 aromatic heterocycles. The number of halogens is 1. The van der Waals surface area contributed by atoms with E-state index >= 15 is 0 Å². The zero-order chi connectivity index (χ0) is 16.6. The first-order chi connectivity index (χ1) is 10.9. The summed E-state index contributed by atoms with van der Waals surface area (Å²) in [4.78, 5) is 22.7. The van der Waals surface area contributed by atoms with Crippen LogP contribution < -0.4 is 4.90 Å². The van der Waals surface area contributed by atoms with Crippen molar-refractivity contribution in [1.82, 2.24) is 9.97 Å². The Kier molecular flexibility index (Phi) is 4.08. The lowest BCUT2D eigenvalue weighted by Gasteiger charge is -2.21. The number of hydrogen-bond donors (Lipinski definition) is 0. The molecule has 1 saturated heterocycles. The van der Waals surface area contributed by atoms with Gasteiger partial charge in [0.2, 0.25) is 0 Å². The van der Waals surface area contributed by atoms with E-state index in [1.54, 1.807) is 30.6 Å². The van der Waals surface area contributed by atoms with Gasteiger partial charge in [0.1, 0.15) is 11.9 Å². The molecule has 0 spiro atoms. The second kappa shape index (κ2) is 5.91. The van der Waals surface area contributed by atoms with Crippen LogP contribution in [0.4, 0.5) is 5.82 Å². The summed E-state index contributed by atoms with van der Waals surface area (Å²) in [5, 5.41) is 0.575. The number of methoxy groups -OCH3 is 1. The van der Waals surface area contributed by atoms with Gasteiger partial charge in [-0.25, -0.2) is 4.98 Å². The number of hydrogen-bond acceptors (Lipinski definition) is 4. The number of carbonyl (C=O) groups excluding carboxylic acids is 1. The summed E-state index contributed by atoms with van der Waals surface area (Å²) in [6.07, 6.45) is 4.60. The third-order valence-corrected chi connectivity index (χ3v) is 4.27. The Balaban J connectivity index is 1.87. The lowest BCUT2D eigenvalue weighted by molar-refractivity contribution is -0.128. The van der Waals surface area contributed by atoms with E-state index in [-0.39, 0.29) is 11.3 Å². The predicted molar refractivity (Wildman–Crippen MR) is 89.4 cm³/mol. The molecule has 0 bridgehead atoms. The normalized spacial score (nSPS) is 20.1. The summed E-state index contributed by atoms with van der Waals surface area (Å²) in [5.74, 6) is 0.573. The quantitative estimate of drug-likeness (QED) is 0.866. The summed E-state index contributed by atoms with van der Waals surface area (Å²) in [6.45, 7) is 4.62. The molecule has 1 fully saturated rings. The van der Waals surface area contributed by atoms with Crippen molar-refractivity contribution in [3.05, 3.63) is 41.8 Å². The molecule has 23 heavy (non-hydrogen) atoms. The molecule has 0 aliphatic carbocycles. The summed E-state index contributed by atoms with van der Waals surface area (Å²) in [7, 11) is 1.57. The lowest BCUT2D eigenvalue weighted by Crippen LogP contribution is -2.33. The second-order valence-electron chi connectivity index (χ2n) is 6.33. The molecule has 5 nitrogen and oxygen atoms in total. The number of ether oxygens (including phenoxy) is 1. The fourth-order valence-electron chi connectivity index (χ4n) is 2.94. The van der Waals surface area contributed by atoms with Crippen LogP contribution in [-0.2, 0) is 9.53 Å². The van der Waals surface area contributed by atoms with Gasteiger partial charge in [-0.15, -0.1) is 0 Å². The highest BCUT2D eigenvalue weighted by Gasteiger charge is 2.47. The van der Waals surface area contributed by atoms with E-state index in [2.05, 4.69) is 9.97 Å². The number of aromatic nitrogens is 2. The first-order valence-electron chi connectivity index (χ1n) is 7.33. The monoisotopic (exact) mass is 331 g/mol. The van der Waals surface area contributed by atoms with Crippen LogP contribution in [0.15, 0.2) is 36.8 Å². The Hall–Kier alpha value is -1.98. The van der Waals surface area contributed by atoms with Gasteiger partial charge in [-0.05, 0) is 18.2 Å². The predicted octanol–water partition coefficient (Wildman–Crippen LogP) is 3.18. The number of anilines is 1. The average molecular weight is 332 g/mol. The Labute approximate surface area is 140 Å². The summed E-state index contributed by atoms with van der Waals surface area (Å²) >= 11 is 5.96. The van der Waals surface area contributed by atoms with Gasteiger partial charge in [0.25, 0.3) is 5.91 Å². The molecule has 2 aromatic rings. The van der Waals surface area contributed by atoms with Crippen molar-refractivity contribution < 1.29 is 9.53 Å². The lowest BCUT2D eigenvalue weighted by atomic mass is 9.90. The van der Waals surface area contributed by atoms with Crippen LogP contribution in [-0.4, -0.2) is 35.6 Å². The molecule has 3 rings (SSSR count). The van der Waals surface area contributed by atoms with Gasteiger partial charge in [-0.3, -0.25) is 14.7 Å². The molecule has 120 valence electrons. The zero-order valence-electron chi connectivity index (χ0n) is 13.3. The van der Waals surface area contributed by atoms with Gasteiger partial charge in [-0.2, -0.15) is 0 Å². The second-order valence-corrected chi connectivity index (χ2v) is 6.76. The molecule has 0 radical (unpaired) electrons. The minimum atomic E-state index is -0.443. The molecule has 1 unspecified atom stereocenters. The van der Waals surface area contributed by atoms with Gasteiger partial charge in [0, 0.05) is 48.8 Å². The Morgan fingerprint density at radius 2 is 2.04 bits per heavy atom. The van der Waals surface area contributed by atoms with Crippen molar-refractivity contribution in [2.75, 3.05) is 18.6 Å². The molecule has 1 amide bonds. The van der Waals surface area contributed by atoms with Gasteiger partial charge in [-0.1, -0.05) is 25.4 Å². The zero-order valence-corrected chi connectivity index (χ0v) is 14.0. The van der Waals surface area contributed by atoms with Crippen molar-refractivity contribution in [3.8, 4) is 11.1 Å². The van der Waals surface area contributed by atoms with E-state index < -0.39 is 6.10 Å². The third kappa shape index (κ3) is 2.94. The van der Waals surface area contributed by atoms with E-state index in [9.17, 15) is 4.79 Å². The van der Waals surface area contributed by atoms with Crippen molar-refractivity contribution in [2.45, 2.75) is 20.0 Å². The number of carbonyl (C=O) groups is 1. The maximum absolute atomic E-state index is 12.5. The molecule has 1 atom stereocenters. The van der Waals surface area contributed by atoms with Gasteiger partial charge in [0.05, 0.1) is 5.02 Å². The number of rotatable bonds is 3. The Morgan fingerprint density at radius 1 is 1.26 bits per heavy atom. The highest BCUT2D eigenvalue weighted by molar-refractivity contribution is 6.30. The highest BCUT2D eigenvalue weighted by Crippen LogP contribution is 2.35. The van der Waals surface area contributed by atoms with Crippen molar-refractivity contribution in [1.29, 1.82) is 0 Å². The topological polar surface area (TPSA) is 55.3 Å². The van der Waals surface area contributed by atoms with Gasteiger partial charge < -0.3 is 4.74 Å². The van der Waals surface area contributed by atoms with E-state index in [0.29, 0.717) is 17.4 Å². The van der Waals surface area contributed by atoms with E-state index in [4.69, 9.17) is 16.3 Å². The van der Waals surface area contributed by atoms with Crippen LogP contribution in [0.25, 0.3) is 11.1 Å². The Morgan fingerprint density at radius 3 is 2.61 bits per heavy atom. The Bertz CT molecular complexity index is 731. The van der Waals surface area contributed by atoms with Crippen LogP contribution in [0.2, 0.25) is 5.02 Å². The standard InChI is InChI=1S/C17H18ClN3O2/c1-17(2)10-21(16(22)15(17)23-3)14-5-4-11(8-20-14)12-6-13(18)9-19-7-12/h4-9,15H,10H2,1-3H3. The summed E-state index contributed by atoms with van der Waals surface area (Å²) in [5.41, 5.74) is 1.54. The minimum absolute atomic E-state index is 0.0535. The number of nitrogens with zero attached hydrogens (tertiary/aromatic N) is 3. The molecular weight excluding hydrogens is 314 g/mol. The molecule has 3 heterocycles. The van der Waals surface area contributed by atoms with Crippen LogP contribution in [0, 0.1) is 5.41 Å². The highest BCUT2D eigenvalue weighted by atomic mass is 35.5. The van der Waals surface area contributed by atoms with Crippen LogP contribution in [0.3, 0.4) is 0 Å². The maximum atomic E-state index is 12.5. The fraction of sp³-hybridized carbons (Fsp3) is 0.353. The van der Waals surface area contributed by atoms with Crippen molar-refractivity contribution >= 4 is 23.3 Å². The van der Waals surface area contributed by atoms with E-state index in [0.717, 1.165) is 11.1 Å². The number of amides is 1. The summed E-state index contributed by atoms with van der Waals surface area (Å²) in [6, 6.07) is 5.58. The third-order valence-electron chi connectivity index (χ3n) is 4.06. The SMILES string of the molecule is COC1C(=O)N(c2ccc(-c3cncc(Cl)c3)cn2)CC1(C)C. The smallest absolute Gasteiger partial charge is 0.257 e. The number of pyridine rings is 2. The van der Waals surface area contributed by atoms with E-state index in [1.807, 2.05) is 32.0 Å². The van der Waals surface area contributed by atoms with Crippen molar-refractivity contribution in [2.24, 2.45) is 5.41 Å². The molecule has 1 aliphatic heterocycles. The van der Waals surface area contributed by atoms with E-state index in [1.165, 1.54) is 0 Å². The van der Waals surface area contributed by atoms with Crippen LogP contribution in [0.1, 0.15) is 13.8 Å². The first-order valence-corrected chi connectivity index (χ1v) is 7.71. The largest absolute Gasteiger partial charge is 0.371 e. The average Bonchev–Trinajstić information content (AvgIpc) is 2.76. The molecule has 1 aliphatic rings. The van der Waals surface area contributed by atoms with Crippen LogP contribution in [0.5, 0.6) is 0 Å². The molecule has 0 saturated carbocycles. The van der Waals surface area contributed by atoms with Gasteiger partial charge >= 0.3 is 0 Å². The molecule has 0 aromatic carbocycles. The maximum Gasteiger partial charge on any atom is 0.257 e. The first kappa shape index (κ1) is 15.9. The van der Waals surface area contributed by atoms with Crippen molar-refractivity contribution in [3.63, 3.8) is 0 Å². The van der Waals surface area contributed by atoms with Gasteiger partial charge in [0.15, 0.2) is 0 Å². The minimum Gasteiger partial charge on any atom is -0.371 e. The fourth-order valence-corrected chi connectivity index (χ4v) is 3.12.